The molecular formula is C12H19N3O2S2. The molecule has 1 aromatic rings. The zero-order chi connectivity index (χ0) is 14.5. The van der Waals surface area contributed by atoms with E-state index in [1.54, 1.807) is 0 Å². The maximum Gasteiger partial charge on any atom is 0.244 e. The number of aliphatic hydroxyl groups is 1. The lowest BCUT2D eigenvalue weighted by atomic mass is 10.1. The molecule has 1 rings (SSSR count). The summed E-state index contributed by atoms with van der Waals surface area (Å²) < 4.78 is 10.3. The minimum atomic E-state index is -0.634. The summed E-state index contributed by atoms with van der Waals surface area (Å²) >= 11 is 2.71. The molecule has 0 aliphatic heterocycles. The van der Waals surface area contributed by atoms with Crippen LogP contribution in [0.15, 0.2) is 4.21 Å². The van der Waals surface area contributed by atoms with Crippen LogP contribution in [0.4, 0.5) is 0 Å². The number of hydrogen-bond acceptors (Lipinski definition) is 7. The second kappa shape index (κ2) is 7.10. The standard InChI is InChI=1S/C12H19N3O2S2/c1-12(2,3)14-6-8(16)7-17-10-9(5-13)11(18-4)19-15-10/h8,14,16H,6-7H2,1-4H3. The van der Waals surface area contributed by atoms with Gasteiger partial charge in [0.05, 0.1) is 0 Å². The number of β-amino-alcohol motifs (C(OH)–C–C–N with tert-alkyl or cyclic N) is 1. The van der Waals surface area contributed by atoms with Gasteiger partial charge in [-0.1, -0.05) is 0 Å². The molecule has 7 heteroatoms. The fraction of sp³-hybridized carbons (Fsp3) is 0.667. The van der Waals surface area contributed by atoms with Crippen LogP contribution in [0.3, 0.4) is 0 Å². The largest absolute Gasteiger partial charge is 0.473 e. The lowest BCUT2D eigenvalue weighted by Crippen LogP contribution is -2.42. The van der Waals surface area contributed by atoms with Crippen molar-refractivity contribution in [2.75, 3.05) is 19.4 Å². The lowest BCUT2D eigenvalue weighted by molar-refractivity contribution is 0.0981. The van der Waals surface area contributed by atoms with Gasteiger partial charge in [0.15, 0.2) is 0 Å². The molecule has 106 valence electrons. The molecule has 0 saturated heterocycles. The smallest absolute Gasteiger partial charge is 0.244 e. The average molecular weight is 301 g/mol. The topological polar surface area (TPSA) is 78.2 Å². The van der Waals surface area contributed by atoms with Gasteiger partial charge in [-0.05, 0) is 38.6 Å². The number of thioether (sulfide) groups is 1. The molecule has 0 fully saturated rings. The summed E-state index contributed by atoms with van der Waals surface area (Å²) in [5, 5.41) is 22.0. The minimum absolute atomic E-state index is 0.0502. The van der Waals surface area contributed by atoms with E-state index in [0.717, 1.165) is 4.21 Å². The Morgan fingerprint density at radius 1 is 1.58 bits per heavy atom. The molecule has 0 saturated carbocycles. The maximum atomic E-state index is 9.80. The van der Waals surface area contributed by atoms with Crippen molar-refractivity contribution < 1.29 is 9.84 Å². The Labute approximate surface area is 122 Å². The minimum Gasteiger partial charge on any atom is -0.473 e. The zero-order valence-electron chi connectivity index (χ0n) is 11.6. The summed E-state index contributed by atoms with van der Waals surface area (Å²) in [6, 6.07) is 2.08. The van der Waals surface area contributed by atoms with Crippen LogP contribution >= 0.6 is 23.3 Å². The second-order valence-corrected chi connectivity index (χ2v) is 6.91. The first kappa shape index (κ1) is 16.2. The van der Waals surface area contributed by atoms with Crippen molar-refractivity contribution in [2.24, 2.45) is 0 Å². The highest BCUT2D eigenvalue weighted by Gasteiger charge is 2.17. The van der Waals surface area contributed by atoms with E-state index in [1.807, 2.05) is 27.0 Å². The third kappa shape index (κ3) is 5.37. The highest BCUT2D eigenvalue weighted by molar-refractivity contribution is 8.00. The van der Waals surface area contributed by atoms with Crippen LogP contribution in [0.1, 0.15) is 26.3 Å². The predicted molar refractivity (Wildman–Crippen MR) is 77.9 cm³/mol. The van der Waals surface area contributed by atoms with Crippen LogP contribution in [0.5, 0.6) is 5.88 Å². The fourth-order valence-electron chi connectivity index (χ4n) is 1.25. The Hall–Kier alpha value is -0.810. The number of aliphatic hydroxyl groups excluding tert-OH is 1. The summed E-state index contributed by atoms with van der Waals surface area (Å²) in [4.78, 5) is 0. The highest BCUT2D eigenvalue weighted by atomic mass is 32.2. The first-order valence-corrected chi connectivity index (χ1v) is 7.87. The van der Waals surface area contributed by atoms with Crippen molar-refractivity contribution in [3.8, 4) is 11.9 Å². The maximum absolute atomic E-state index is 9.80. The summed E-state index contributed by atoms with van der Waals surface area (Å²) in [7, 11) is 0. The highest BCUT2D eigenvalue weighted by Crippen LogP contribution is 2.31. The second-order valence-electron chi connectivity index (χ2n) is 5.06. The third-order valence-corrected chi connectivity index (χ3v) is 4.13. The molecule has 0 radical (unpaired) electrons. The Morgan fingerprint density at radius 3 is 2.79 bits per heavy atom. The molecule has 0 aliphatic carbocycles. The monoisotopic (exact) mass is 301 g/mol. The molecule has 2 N–H and O–H groups in total. The summed E-state index contributed by atoms with van der Waals surface area (Å²) in [5.74, 6) is 0.312. The van der Waals surface area contributed by atoms with Crippen molar-refractivity contribution in [2.45, 2.75) is 36.6 Å². The zero-order valence-corrected chi connectivity index (χ0v) is 13.2. The Morgan fingerprint density at radius 2 is 2.26 bits per heavy atom. The molecule has 1 unspecified atom stereocenters. The van der Waals surface area contributed by atoms with Gasteiger partial charge >= 0.3 is 0 Å². The van der Waals surface area contributed by atoms with E-state index < -0.39 is 6.10 Å². The van der Waals surface area contributed by atoms with Crippen LogP contribution in [0.25, 0.3) is 0 Å². The van der Waals surface area contributed by atoms with Crippen LogP contribution in [0, 0.1) is 11.3 Å². The molecule has 0 aromatic carbocycles. The number of nitriles is 1. The van der Waals surface area contributed by atoms with Gasteiger partial charge in [-0.15, -0.1) is 11.8 Å². The van der Waals surface area contributed by atoms with Crippen molar-refractivity contribution in [1.29, 1.82) is 5.26 Å². The van der Waals surface area contributed by atoms with E-state index in [9.17, 15) is 5.11 Å². The van der Waals surface area contributed by atoms with Gasteiger partial charge in [0.1, 0.15) is 28.6 Å². The van der Waals surface area contributed by atoms with Gasteiger partial charge < -0.3 is 15.2 Å². The van der Waals surface area contributed by atoms with Crippen molar-refractivity contribution in [3.05, 3.63) is 5.56 Å². The number of aromatic nitrogens is 1. The predicted octanol–water partition coefficient (Wildman–Crippen LogP) is 1.86. The van der Waals surface area contributed by atoms with Gasteiger partial charge in [0.25, 0.3) is 0 Å². The summed E-state index contributed by atoms with van der Waals surface area (Å²) in [6.07, 6.45) is 1.26. The number of nitrogens with one attached hydrogen (secondary N) is 1. The number of rotatable bonds is 6. The van der Waals surface area contributed by atoms with Crippen LogP contribution in [0.2, 0.25) is 0 Å². The summed E-state index contributed by atoms with van der Waals surface area (Å²) in [5.41, 5.74) is 0.402. The quantitative estimate of drug-likeness (QED) is 0.781. The molecule has 1 heterocycles. The van der Waals surface area contributed by atoms with E-state index in [-0.39, 0.29) is 12.1 Å². The SMILES string of the molecule is CSc1snc(OCC(O)CNC(C)(C)C)c1C#N. The van der Waals surface area contributed by atoms with Crippen LogP contribution < -0.4 is 10.1 Å². The molecule has 19 heavy (non-hydrogen) atoms. The number of ether oxygens (including phenoxy) is 1. The van der Waals surface area contributed by atoms with Gasteiger partial charge in [-0.3, -0.25) is 0 Å². The van der Waals surface area contributed by atoms with E-state index in [4.69, 9.17) is 10.00 Å². The van der Waals surface area contributed by atoms with Gasteiger partial charge in [0.2, 0.25) is 5.88 Å². The van der Waals surface area contributed by atoms with Crippen molar-refractivity contribution in [1.82, 2.24) is 9.69 Å². The Balaban J connectivity index is 2.49. The van der Waals surface area contributed by atoms with E-state index in [0.29, 0.717) is 18.0 Å². The van der Waals surface area contributed by atoms with E-state index in [2.05, 4.69) is 15.8 Å². The van der Waals surface area contributed by atoms with Gasteiger partial charge in [0, 0.05) is 12.1 Å². The normalized spacial score (nSPS) is 13.1. The average Bonchev–Trinajstić information content (AvgIpc) is 2.74. The molecule has 1 aromatic heterocycles. The first-order chi connectivity index (χ1) is 8.87. The number of nitrogens with zero attached hydrogens (tertiary/aromatic N) is 2. The lowest BCUT2D eigenvalue weighted by Gasteiger charge is -2.22. The van der Waals surface area contributed by atoms with E-state index >= 15 is 0 Å². The molecule has 0 amide bonds. The Kier molecular flexibility index (Phi) is 6.07. The molecular weight excluding hydrogens is 282 g/mol. The van der Waals surface area contributed by atoms with E-state index in [1.165, 1.54) is 23.3 Å². The molecule has 0 aliphatic rings. The molecule has 5 nitrogen and oxygen atoms in total. The van der Waals surface area contributed by atoms with Gasteiger partial charge in [-0.25, -0.2) is 0 Å². The first-order valence-electron chi connectivity index (χ1n) is 5.87. The molecule has 0 spiro atoms. The van der Waals surface area contributed by atoms with Crippen LogP contribution in [-0.2, 0) is 0 Å². The molecule has 1 atom stereocenters. The fourth-order valence-corrected chi connectivity index (χ4v) is 2.53. The van der Waals surface area contributed by atoms with Crippen molar-refractivity contribution >= 4 is 23.3 Å². The third-order valence-electron chi connectivity index (χ3n) is 2.21. The van der Waals surface area contributed by atoms with Gasteiger partial charge in [-0.2, -0.15) is 9.64 Å². The number of hydrogen-bond donors (Lipinski definition) is 2. The van der Waals surface area contributed by atoms with Crippen molar-refractivity contribution in [3.63, 3.8) is 0 Å². The molecule has 0 bridgehead atoms. The Bertz CT molecular complexity index is 449. The summed E-state index contributed by atoms with van der Waals surface area (Å²) in [6.45, 7) is 6.64. The van der Waals surface area contributed by atoms with Crippen LogP contribution in [-0.4, -0.2) is 40.5 Å².